The van der Waals surface area contributed by atoms with Crippen molar-refractivity contribution < 1.29 is 9.18 Å². The van der Waals surface area contributed by atoms with Crippen molar-refractivity contribution in [2.45, 2.75) is 45.2 Å². The highest BCUT2D eigenvalue weighted by molar-refractivity contribution is 5.78. The highest BCUT2D eigenvalue weighted by Gasteiger charge is 2.25. The van der Waals surface area contributed by atoms with Crippen molar-refractivity contribution in [2.24, 2.45) is 0 Å². The van der Waals surface area contributed by atoms with Crippen LogP contribution in [-0.4, -0.2) is 41.9 Å². The number of benzene rings is 1. The zero-order valence-corrected chi connectivity index (χ0v) is 13.0. The molecule has 1 aliphatic rings. The number of rotatable bonds is 5. The standard InChI is InChI=1S/C17H25FN2O/c1-3-16-9-4-5-10-20(16)17(21)13-19(2)12-14-7-6-8-15(18)11-14/h6-8,11,16H,3-5,9-10,12-13H2,1-2H3. The number of hydrogen-bond acceptors (Lipinski definition) is 2. The molecule has 2 rings (SSSR count). The van der Waals surface area contributed by atoms with Gasteiger partial charge >= 0.3 is 0 Å². The van der Waals surface area contributed by atoms with Gasteiger partial charge in [-0.25, -0.2) is 4.39 Å². The van der Waals surface area contributed by atoms with E-state index in [0.717, 1.165) is 31.4 Å². The molecule has 0 aromatic heterocycles. The maximum atomic E-state index is 13.2. The summed E-state index contributed by atoms with van der Waals surface area (Å²) in [5, 5.41) is 0. The first-order chi connectivity index (χ1) is 10.1. The molecule has 0 radical (unpaired) electrons. The average Bonchev–Trinajstić information content (AvgIpc) is 2.47. The van der Waals surface area contributed by atoms with Crippen molar-refractivity contribution in [3.8, 4) is 0 Å². The Morgan fingerprint density at radius 3 is 2.95 bits per heavy atom. The van der Waals surface area contributed by atoms with E-state index in [1.54, 1.807) is 6.07 Å². The predicted octanol–water partition coefficient (Wildman–Crippen LogP) is 3.05. The maximum Gasteiger partial charge on any atom is 0.236 e. The second kappa shape index (κ2) is 7.55. The molecule has 1 atom stereocenters. The summed E-state index contributed by atoms with van der Waals surface area (Å²) >= 11 is 0. The number of amides is 1. The summed E-state index contributed by atoms with van der Waals surface area (Å²) in [6.45, 7) is 4.01. The third-order valence-electron chi connectivity index (χ3n) is 4.17. The van der Waals surface area contributed by atoms with Crippen LogP contribution in [0.15, 0.2) is 24.3 Å². The molecule has 0 aliphatic carbocycles. The Kier molecular flexibility index (Phi) is 5.74. The van der Waals surface area contributed by atoms with E-state index >= 15 is 0 Å². The van der Waals surface area contributed by atoms with E-state index in [1.165, 1.54) is 18.6 Å². The lowest BCUT2D eigenvalue weighted by Gasteiger charge is -2.36. The van der Waals surface area contributed by atoms with E-state index in [-0.39, 0.29) is 11.7 Å². The summed E-state index contributed by atoms with van der Waals surface area (Å²) in [7, 11) is 1.91. The van der Waals surface area contributed by atoms with Gasteiger partial charge in [-0.05, 0) is 50.4 Å². The minimum atomic E-state index is -0.227. The van der Waals surface area contributed by atoms with E-state index < -0.39 is 0 Å². The molecule has 1 aromatic rings. The third-order valence-corrected chi connectivity index (χ3v) is 4.17. The smallest absolute Gasteiger partial charge is 0.236 e. The molecule has 0 N–H and O–H groups in total. The van der Waals surface area contributed by atoms with Gasteiger partial charge < -0.3 is 4.90 Å². The van der Waals surface area contributed by atoms with Crippen LogP contribution in [0.1, 0.15) is 38.2 Å². The Hall–Kier alpha value is -1.42. The first-order valence-corrected chi connectivity index (χ1v) is 7.82. The molecule has 4 heteroatoms. The Labute approximate surface area is 126 Å². The van der Waals surface area contributed by atoms with Gasteiger partial charge in [-0.2, -0.15) is 0 Å². The van der Waals surface area contributed by atoms with Crippen LogP contribution in [0.2, 0.25) is 0 Å². The van der Waals surface area contributed by atoms with E-state index in [0.29, 0.717) is 19.1 Å². The van der Waals surface area contributed by atoms with Crippen LogP contribution in [0.25, 0.3) is 0 Å². The van der Waals surface area contributed by atoms with Crippen molar-refractivity contribution in [3.05, 3.63) is 35.6 Å². The third kappa shape index (κ3) is 4.53. The number of halogens is 1. The second-order valence-corrected chi connectivity index (χ2v) is 5.95. The van der Waals surface area contributed by atoms with Crippen LogP contribution in [0.5, 0.6) is 0 Å². The number of likely N-dealkylation sites (tertiary alicyclic amines) is 1. The lowest BCUT2D eigenvalue weighted by Crippen LogP contribution is -2.47. The summed E-state index contributed by atoms with van der Waals surface area (Å²) in [6, 6.07) is 6.96. The van der Waals surface area contributed by atoms with Crippen LogP contribution in [0.3, 0.4) is 0 Å². The Morgan fingerprint density at radius 2 is 2.24 bits per heavy atom. The fraction of sp³-hybridized carbons (Fsp3) is 0.588. The van der Waals surface area contributed by atoms with E-state index in [4.69, 9.17) is 0 Å². The minimum Gasteiger partial charge on any atom is -0.339 e. The summed E-state index contributed by atoms with van der Waals surface area (Å²) < 4.78 is 13.2. The number of nitrogens with zero attached hydrogens (tertiary/aromatic N) is 2. The highest BCUT2D eigenvalue weighted by atomic mass is 19.1. The van der Waals surface area contributed by atoms with Gasteiger partial charge in [-0.1, -0.05) is 19.1 Å². The van der Waals surface area contributed by atoms with E-state index in [1.807, 2.05) is 22.9 Å². The zero-order chi connectivity index (χ0) is 15.2. The Morgan fingerprint density at radius 1 is 1.43 bits per heavy atom. The highest BCUT2D eigenvalue weighted by Crippen LogP contribution is 2.19. The van der Waals surface area contributed by atoms with Crippen molar-refractivity contribution in [2.75, 3.05) is 20.1 Å². The number of carbonyl (C=O) groups is 1. The molecular formula is C17H25FN2O. The van der Waals surface area contributed by atoms with Crippen molar-refractivity contribution in [1.29, 1.82) is 0 Å². The fourth-order valence-corrected chi connectivity index (χ4v) is 3.08. The molecule has 0 saturated carbocycles. The van der Waals surface area contributed by atoms with Crippen molar-refractivity contribution in [3.63, 3.8) is 0 Å². The Bertz CT molecular complexity index is 478. The van der Waals surface area contributed by atoms with E-state index in [2.05, 4.69) is 6.92 Å². The predicted molar refractivity (Wildman–Crippen MR) is 82.4 cm³/mol. The molecule has 1 fully saturated rings. The quantitative estimate of drug-likeness (QED) is 0.833. The number of hydrogen-bond donors (Lipinski definition) is 0. The summed E-state index contributed by atoms with van der Waals surface area (Å²) in [4.78, 5) is 16.4. The van der Waals surface area contributed by atoms with Gasteiger partial charge in [0.15, 0.2) is 0 Å². The average molecular weight is 292 g/mol. The van der Waals surface area contributed by atoms with Crippen LogP contribution in [0, 0.1) is 5.82 Å². The molecule has 1 unspecified atom stereocenters. The second-order valence-electron chi connectivity index (χ2n) is 5.95. The summed E-state index contributed by atoms with van der Waals surface area (Å²) in [5.41, 5.74) is 0.899. The number of carbonyl (C=O) groups excluding carboxylic acids is 1. The maximum absolute atomic E-state index is 13.2. The van der Waals surface area contributed by atoms with Crippen LogP contribution >= 0.6 is 0 Å². The van der Waals surface area contributed by atoms with Gasteiger partial charge in [0.25, 0.3) is 0 Å². The van der Waals surface area contributed by atoms with Crippen LogP contribution in [-0.2, 0) is 11.3 Å². The first kappa shape index (κ1) is 16.0. The molecular weight excluding hydrogens is 267 g/mol. The van der Waals surface area contributed by atoms with Gasteiger partial charge in [0.05, 0.1) is 6.54 Å². The summed E-state index contributed by atoms with van der Waals surface area (Å²) in [6.07, 6.45) is 4.48. The fourth-order valence-electron chi connectivity index (χ4n) is 3.08. The molecule has 1 aliphatic heterocycles. The van der Waals surface area contributed by atoms with Gasteiger partial charge in [0.1, 0.15) is 5.82 Å². The monoisotopic (exact) mass is 292 g/mol. The summed E-state index contributed by atoms with van der Waals surface area (Å²) in [5.74, 6) is -0.0326. The molecule has 3 nitrogen and oxygen atoms in total. The van der Waals surface area contributed by atoms with Gasteiger partial charge in [-0.3, -0.25) is 9.69 Å². The molecule has 0 spiro atoms. The molecule has 1 saturated heterocycles. The number of likely N-dealkylation sites (N-methyl/N-ethyl adjacent to an activating group) is 1. The largest absolute Gasteiger partial charge is 0.339 e. The normalized spacial score (nSPS) is 19.0. The Balaban J connectivity index is 1.89. The molecule has 1 aromatic carbocycles. The number of piperidine rings is 1. The lowest BCUT2D eigenvalue weighted by molar-refractivity contribution is -0.136. The lowest BCUT2D eigenvalue weighted by atomic mass is 10.00. The molecule has 0 bridgehead atoms. The van der Waals surface area contributed by atoms with Crippen LogP contribution in [0.4, 0.5) is 4.39 Å². The first-order valence-electron chi connectivity index (χ1n) is 7.82. The van der Waals surface area contributed by atoms with Gasteiger partial charge in [0, 0.05) is 19.1 Å². The molecule has 1 heterocycles. The van der Waals surface area contributed by atoms with Crippen molar-refractivity contribution >= 4 is 5.91 Å². The molecule has 1 amide bonds. The van der Waals surface area contributed by atoms with E-state index in [9.17, 15) is 9.18 Å². The molecule has 21 heavy (non-hydrogen) atoms. The SMILES string of the molecule is CCC1CCCCN1C(=O)CN(C)Cc1cccc(F)c1. The molecule has 116 valence electrons. The minimum absolute atomic E-state index is 0.195. The van der Waals surface area contributed by atoms with Gasteiger partial charge in [-0.15, -0.1) is 0 Å². The zero-order valence-electron chi connectivity index (χ0n) is 13.0. The van der Waals surface area contributed by atoms with Gasteiger partial charge in [0.2, 0.25) is 5.91 Å². The van der Waals surface area contributed by atoms with Crippen molar-refractivity contribution in [1.82, 2.24) is 9.80 Å². The van der Waals surface area contributed by atoms with Crippen LogP contribution < -0.4 is 0 Å². The topological polar surface area (TPSA) is 23.6 Å².